The molecule has 2 aliphatic rings. The van der Waals surface area contributed by atoms with Crippen molar-refractivity contribution < 1.29 is 9.53 Å². The largest absolute Gasteiger partial charge is 0.492 e. The van der Waals surface area contributed by atoms with Gasteiger partial charge in [-0.1, -0.05) is 13.8 Å². The van der Waals surface area contributed by atoms with Gasteiger partial charge in [0, 0.05) is 43.5 Å². The first-order valence-corrected chi connectivity index (χ1v) is 14.2. The molecule has 0 aromatic carbocycles. The van der Waals surface area contributed by atoms with Crippen molar-refractivity contribution in [3.8, 4) is 16.9 Å². The molecule has 2 saturated heterocycles. The highest BCUT2D eigenvalue weighted by Crippen LogP contribution is 2.37. The smallest absolute Gasteiger partial charge is 0.227 e. The summed E-state index contributed by atoms with van der Waals surface area (Å²) >= 11 is 0. The molecule has 10 heteroatoms. The lowest BCUT2D eigenvalue weighted by Crippen LogP contribution is -2.56. The number of piperidine rings is 1. The number of anilines is 1. The second kappa shape index (κ2) is 10.5. The van der Waals surface area contributed by atoms with Gasteiger partial charge in [0.1, 0.15) is 11.6 Å². The van der Waals surface area contributed by atoms with Crippen molar-refractivity contribution in [1.29, 1.82) is 0 Å². The Bertz CT molecular complexity index is 1450. The Morgan fingerprint density at radius 3 is 2.67 bits per heavy atom. The lowest BCUT2D eigenvalue weighted by atomic mass is 9.76. The van der Waals surface area contributed by atoms with Gasteiger partial charge in [-0.05, 0) is 63.4 Å². The molecule has 0 aliphatic carbocycles. The molecule has 0 bridgehead atoms. The van der Waals surface area contributed by atoms with E-state index in [1.165, 1.54) is 6.42 Å². The summed E-state index contributed by atoms with van der Waals surface area (Å²) < 4.78 is 7.68. The molecule has 10 nitrogen and oxygen atoms in total. The van der Waals surface area contributed by atoms with Crippen LogP contribution < -0.4 is 15.0 Å². The SMILES string of the molecule is CCOc1cc(-c2ccc(N3CCC(CN4CCC4)(C(=O)NCC(C)C)CC3)nc2)c2c3cn[nH]c3nn2c1. The van der Waals surface area contributed by atoms with E-state index in [9.17, 15) is 4.79 Å². The number of aromatic amines is 1. The van der Waals surface area contributed by atoms with Crippen molar-refractivity contribution in [2.24, 2.45) is 11.3 Å². The normalized spacial score (nSPS) is 17.6. The minimum absolute atomic E-state index is 0.218. The van der Waals surface area contributed by atoms with Crippen molar-refractivity contribution in [3.05, 3.63) is 36.8 Å². The molecule has 1 amide bonds. The molecule has 2 fully saturated rings. The molecule has 0 unspecified atom stereocenters. The predicted molar refractivity (Wildman–Crippen MR) is 152 cm³/mol. The molecule has 4 aromatic heterocycles. The van der Waals surface area contributed by atoms with E-state index in [2.05, 4.69) is 56.4 Å². The van der Waals surface area contributed by atoms with Crippen molar-refractivity contribution >= 4 is 28.3 Å². The minimum Gasteiger partial charge on any atom is -0.492 e. The second-order valence-electron chi connectivity index (χ2n) is 11.4. The molecule has 2 aliphatic heterocycles. The van der Waals surface area contributed by atoms with Gasteiger partial charge in [-0.15, -0.1) is 5.10 Å². The molecule has 6 rings (SSSR count). The highest BCUT2D eigenvalue weighted by Gasteiger charge is 2.43. The average molecular weight is 531 g/mol. The zero-order valence-corrected chi connectivity index (χ0v) is 23.1. The van der Waals surface area contributed by atoms with E-state index < -0.39 is 0 Å². The number of rotatable bonds is 9. The minimum atomic E-state index is -0.324. The summed E-state index contributed by atoms with van der Waals surface area (Å²) in [6.45, 7) is 12.3. The number of nitrogens with one attached hydrogen (secondary N) is 2. The van der Waals surface area contributed by atoms with Crippen LogP contribution in [0, 0.1) is 11.3 Å². The van der Waals surface area contributed by atoms with Crippen molar-refractivity contribution in [1.82, 2.24) is 35.0 Å². The van der Waals surface area contributed by atoms with E-state index in [0.29, 0.717) is 12.5 Å². The maximum Gasteiger partial charge on any atom is 0.227 e. The highest BCUT2D eigenvalue weighted by atomic mass is 16.5. The Morgan fingerprint density at radius 2 is 2.00 bits per heavy atom. The topological polar surface area (TPSA) is 104 Å². The Labute approximate surface area is 228 Å². The van der Waals surface area contributed by atoms with E-state index in [0.717, 1.165) is 91.4 Å². The number of amides is 1. The first-order valence-electron chi connectivity index (χ1n) is 14.2. The highest BCUT2D eigenvalue weighted by molar-refractivity contribution is 6.00. The van der Waals surface area contributed by atoms with E-state index in [1.54, 1.807) is 6.20 Å². The summed E-state index contributed by atoms with van der Waals surface area (Å²) in [7, 11) is 0. The molecular formula is C29H38N8O2. The van der Waals surface area contributed by atoms with Gasteiger partial charge in [-0.3, -0.25) is 9.89 Å². The number of carbonyl (C=O) groups is 1. The van der Waals surface area contributed by atoms with Gasteiger partial charge in [0.05, 0.1) is 35.3 Å². The van der Waals surface area contributed by atoms with Gasteiger partial charge in [0.2, 0.25) is 5.91 Å². The number of fused-ring (bicyclic) bond motifs is 3. The molecule has 0 spiro atoms. The number of hydrogen-bond donors (Lipinski definition) is 2. The quantitative estimate of drug-likeness (QED) is 0.340. The second-order valence-corrected chi connectivity index (χ2v) is 11.4. The van der Waals surface area contributed by atoms with E-state index >= 15 is 0 Å². The number of pyridine rings is 2. The monoisotopic (exact) mass is 530 g/mol. The summed E-state index contributed by atoms with van der Waals surface area (Å²) in [5.41, 5.74) is 3.37. The summed E-state index contributed by atoms with van der Waals surface area (Å²) in [6, 6.07) is 6.25. The maximum atomic E-state index is 13.4. The summed E-state index contributed by atoms with van der Waals surface area (Å²) in [5, 5.41) is 16.0. The molecule has 6 heterocycles. The molecule has 0 atom stereocenters. The Hall–Kier alpha value is -3.66. The number of nitrogens with zero attached hydrogens (tertiary/aromatic N) is 6. The number of aromatic nitrogens is 5. The van der Waals surface area contributed by atoms with Gasteiger partial charge >= 0.3 is 0 Å². The van der Waals surface area contributed by atoms with Crippen molar-refractivity contribution in [3.63, 3.8) is 0 Å². The van der Waals surface area contributed by atoms with Crippen LogP contribution in [0.15, 0.2) is 36.8 Å². The fraction of sp³-hybridized carbons (Fsp3) is 0.517. The van der Waals surface area contributed by atoms with Gasteiger partial charge < -0.3 is 19.9 Å². The molecule has 4 aromatic rings. The van der Waals surface area contributed by atoms with Gasteiger partial charge in [0.25, 0.3) is 0 Å². The van der Waals surface area contributed by atoms with Crippen LogP contribution >= 0.6 is 0 Å². The number of ether oxygens (including phenoxy) is 1. The molecule has 39 heavy (non-hydrogen) atoms. The van der Waals surface area contributed by atoms with Gasteiger partial charge in [-0.25, -0.2) is 9.50 Å². The zero-order valence-electron chi connectivity index (χ0n) is 23.1. The zero-order chi connectivity index (χ0) is 27.0. The Kier molecular flexibility index (Phi) is 6.88. The number of carbonyl (C=O) groups excluding carboxylic acids is 1. The van der Waals surface area contributed by atoms with Crippen LogP contribution in [-0.2, 0) is 4.79 Å². The Morgan fingerprint density at radius 1 is 1.18 bits per heavy atom. The molecular weight excluding hydrogens is 492 g/mol. The number of likely N-dealkylation sites (tertiary alicyclic amines) is 1. The van der Waals surface area contributed by atoms with Gasteiger partial charge in [0.15, 0.2) is 5.65 Å². The summed E-state index contributed by atoms with van der Waals surface area (Å²) in [5.74, 6) is 2.36. The van der Waals surface area contributed by atoms with Crippen LogP contribution in [0.25, 0.3) is 27.7 Å². The fourth-order valence-corrected chi connectivity index (χ4v) is 5.81. The van der Waals surface area contributed by atoms with Crippen molar-refractivity contribution in [2.45, 2.75) is 40.0 Å². The maximum absolute atomic E-state index is 13.4. The predicted octanol–water partition coefficient (Wildman–Crippen LogP) is 3.74. The van der Waals surface area contributed by atoms with Crippen LogP contribution in [0.1, 0.15) is 40.0 Å². The van der Waals surface area contributed by atoms with Crippen LogP contribution in [0.2, 0.25) is 0 Å². The molecule has 2 N–H and O–H groups in total. The third kappa shape index (κ3) is 4.93. The van der Waals surface area contributed by atoms with Crippen molar-refractivity contribution in [2.75, 3.05) is 50.8 Å². The van der Waals surface area contributed by atoms with E-state index in [4.69, 9.17) is 9.72 Å². The third-order valence-corrected chi connectivity index (χ3v) is 8.14. The molecule has 0 radical (unpaired) electrons. The molecule has 0 saturated carbocycles. The lowest BCUT2D eigenvalue weighted by molar-refractivity contribution is -0.134. The summed E-state index contributed by atoms with van der Waals surface area (Å²) in [4.78, 5) is 23.0. The van der Waals surface area contributed by atoms with E-state index in [1.807, 2.05) is 29.9 Å². The number of H-pyrrole nitrogens is 1. The fourth-order valence-electron chi connectivity index (χ4n) is 5.81. The van der Waals surface area contributed by atoms with Crippen LogP contribution in [0.3, 0.4) is 0 Å². The average Bonchev–Trinajstić information content (AvgIpc) is 3.51. The van der Waals surface area contributed by atoms with Crippen LogP contribution in [-0.4, -0.2) is 81.5 Å². The van der Waals surface area contributed by atoms with Crippen LogP contribution in [0.4, 0.5) is 5.82 Å². The Balaban J connectivity index is 1.22. The summed E-state index contributed by atoms with van der Waals surface area (Å²) in [6.07, 6.45) is 8.54. The molecule has 206 valence electrons. The van der Waals surface area contributed by atoms with E-state index in [-0.39, 0.29) is 11.3 Å². The van der Waals surface area contributed by atoms with Crippen LogP contribution in [0.5, 0.6) is 5.75 Å². The third-order valence-electron chi connectivity index (χ3n) is 8.14. The first kappa shape index (κ1) is 25.6. The standard InChI is InChI=1S/C29H38N8O2/c1-4-39-22-14-23(26-24-17-32-33-27(24)34-37(26)18-22)21-6-7-25(30-16-21)36-12-8-29(9-13-36,19-35-10-5-11-35)28(38)31-15-20(2)3/h6-7,14,16-18,20H,4-5,8-13,15,19H2,1-3H3,(H,31,38)(H,33,34). The van der Waals surface area contributed by atoms with Gasteiger partial charge in [-0.2, -0.15) is 5.10 Å². The first-order chi connectivity index (χ1) is 19.0. The lowest BCUT2D eigenvalue weighted by Gasteiger charge is -2.45. The number of hydrogen-bond acceptors (Lipinski definition) is 7.